The van der Waals surface area contributed by atoms with E-state index in [1.165, 1.54) is 12.7 Å². The molecular formula is C25H36O6. The molecule has 6 heteroatoms. The van der Waals surface area contributed by atoms with Crippen molar-refractivity contribution >= 4 is 17.9 Å². The van der Waals surface area contributed by atoms with Crippen LogP contribution in [0.4, 0.5) is 0 Å². The highest BCUT2D eigenvalue weighted by Gasteiger charge is 2.71. The molecule has 0 radical (unpaired) electrons. The number of carboxylic acid groups (broad SMARTS) is 2. The molecule has 0 amide bonds. The van der Waals surface area contributed by atoms with Crippen LogP contribution >= 0.6 is 0 Å². The van der Waals surface area contributed by atoms with E-state index in [4.69, 9.17) is 4.74 Å². The Morgan fingerprint density at radius 2 is 1.77 bits per heavy atom. The standard InChI is InChI=1S/C25H36O6/c1-13(2)15-12-25-10-7-16-23(3,8-6-9-24(16,4)22(29)30)17(25)11-14(15)18(21(28)31-5)19(25)20(26)27/h12-14,16-19H,6-11H2,1-5H3,(H,26,27)(H,29,30). The van der Waals surface area contributed by atoms with Crippen molar-refractivity contribution in [2.24, 2.45) is 51.8 Å². The fraction of sp³-hybridized carbons (Fsp3) is 0.800. The van der Waals surface area contributed by atoms with Crippen molar-refractivity contribution in [1.82, 2.24) is 0 Å². The Labute approximate surface area is 184 Å². The van der Waals surface area contributed by atoms with Gasteiger partial charge in [-0.2, -0.15) is 0 Å². The van der Waals surface area contributed by atoms with Gasteiger partial charge in [0, 0.05) is 5.41 Å². The Balaban J connectivity index is 1.89. The molecule has 5 rings (SSSR count). The zero-order valence-electron chi connectivity index (χ0n) is 19.3. The van der Waals surface area contributed by atoms with Gasteiger partial charge in [-0.3, -0.25) is 14.4 Å². The third-order valence-corrected chi connectivity index (χ3v) is 9.91. The molecule has 0 aliphatic heterocycles. The van der Waals surface area contributed by atoms with Crippen LogP contribution in [0, 0.1) is 51.8 Å². The number of methoxy groups -OCH3 is 1. The Bertz CT molecular complexity index is 845. The first kappa shape index (κ1) is 22.3. The minimum absolute atomic E-state index is 0.0168. The van der Waals surface area contributed by atoms with Crippen LogP contribution in [-0.4, -0.2) is 35.2 Å². The Hall–Kier alpha value is -1.85. The van der Waals surface area contributed by atoms with E-state index in [1.54, 1.807) is 0 Å². The van der Waals surface area contributed by atoms with Gasteiger partial charge in [0.05, 0.1) is 24.4 Å². The molecule has 6 nitrogen and oxygen atoms in total. The van der Waals surface area contributed by atoms with Crippen LogP contribution in [0.15, 0.2) is 11.6 Å². The largest absolute Gasteiger partial charge is 0.481 e. The van der Waals surface area contributed by atoms with Gasteiger partial charge in [0.25, 0.3) is 0 Å². The molecule has 0 aromatic rings. The van der Waals surface area contributed by atoms with Crippen LogP contribution < -0.4 is 0 Å². The summed E-state index contributed by atoms with van der Waals surface area (Å²) < 4.78 is 5.12. The first-order chi connectivity index (χ1) is 14.4. The zero-order valence-corrected chi connectivity index (χ0v) is 19.3. The maximum atomic E-state index is 12.9. The summed E-state index contributed by atoms with van der Waals surface area (Å²) in [6.45, 7) is 8.31. The first-order valence-electron chi connectivity index (χ1n) is 11.7. The number of ether oxygens (including phenoxy) is 1. The molecule has 0 saturated heterocycles. The summed E-state index contributed by atoms with van der Waals surface area (Å²) in [7, 11) is 1.34. The van der Waals surface area contributed by atoms with E-state index >= 15 is 0 Å². The summed E-state index contributed by atoms with van der Waals surface area (Å²) in [4.78, 5) is 37.9. The van der Waals surface area contributed by atoms with Crippen molar-refractivity contribution in [2.75, 3.05) is 7.11 Å². The van der Waals surface area contributed by atoms with Gasteiger partial charge in [0.15, 0.2) is 0 Å². The maximum Gasteiger partial charge on any atom is 0.310 e. The van der Waals surface area contributed by atoms with E-state index < -0.39 is 40.6 Å². The number of rotatable bonds is 4. The van der Waals surface area contributed by atoms with Crippen molar-refractivity contribution in [3.8, 4) is 0 Å². The Morgan fingerprint density at radius 3 is 2.32 bits per heavy atom. The van der Waals surface area contributed by atoms with Gasteiger partial charge in [-0.25, -0.2) is 0 Å². The summed E-state index contributed by atoms with van der Waals surface area (Å²) in [5, 5.41) is 20.5. The molecule has 2 N–H and O–H groups in total. The van der Waals surface area contributed by atoms with E-state index in [9.17, 15) is 24.6 Å². The van der Waals surface area contributed by atoms with Crippen molar-refractivity contribution in [3.63, 3.8) is 0 Å². The van der Waals surface area contributed by atoms with Crippen LogP contribution in [0.2, 0.25) is 0 Å². The monoisotopic (exact) mass is 432 g/mol. The molecule has 31 heavy (non-hydrogen) atoms. The summed E-state index contributed by atoms with van der Waals surface area (Å²) in [6.07, 6.45) is 6.70. The number of carbonyl (C=O) groups excluding carboxylic acids is 1. The molecule has 0 heterocycles. The molecule has 3 fully saturated rings. The smallest absolute Gasteiger partial charge is 0.310 e. The minimum Gasteiger partial charge on any atom is -0.481 e. The molecule has 1 spiro atoms. The lowest BCUT2D eigenvalue weighted by molar-refractivity contribution is -0.208. The number of allylic oxidation sites excluding steroid dienone is 2. The van der Waals surface area contributed by atoms with Crippen LogP contribution in [0.3, 0.4) is 0 Å². The molecule has 5 aliphatic rings. The van der Waals surface area contributed by atoms with Crippen molar-refractivity contribution in [1.29, 1.82) is 0 Å². The predicted octanol–water partition coefficient (Wildman–Crippen LogP) is 4.39. The second-order valence-electron chi connectivity index (χ2n) is 11.3. The van der Waals surface area contributed by atoms with E-state index in [1.807, 2.05) is 6.92 Å². The van der Waals surface area contributed by atoms with Crippen LogP contribution in [0.25, 0.3) is 0 Å². The fourth-order valence-electron chi connectivity index (χ4n) is 8.68. The molecule has 3 saturated carbocycles. The minimum atomic E-state index is -0.928. The fourth-order valence-corrected chi connectivity index (χ4v) is 8.68. The Morgan fingerprint density at radius 1 is 1.10 bits per heavy atom. The molecule has 172 valence electrons. The predicted molar refractivity (Wildman–Crippen MR) is 114 cm³/mol. The van der Waals surface area contributed by atoms with Gasteiger partial charge in [0.2, 0.25) is 0 Å². The van der Waals surface area contributed by atoms with Crippen molar-refractivity contribution in [2.45, 2.75) is 66.2 Å². The number of hydrogen-bond donors (Lipinski definition) is 2. The van der Waals surface area contributed by atoms with Crippen LogP contribution in [-0.2, 0) is 19.1 Å². The van der Waals surface area contributed by atoms with Crippen LogP contribution in [0.1, 0.15) is 66.2 Å². The summed E-state index contributed by atoms with van der Waals surface area (Å²) in [5.41, 5.74) is -0.476. The van der Waals surface area contributed by atoms with Crippen LogP contribution in [0.5, 0.6) is 0 Å². The summed E-state index contributed by atoms with van der Waals surface area (Å²) >= 11 is 0. The third kappa shape index (κ3) is 2.78. The van der Waals surface area contributed by atoms with Gasteiger partial charge >= 0.3 is 17.9 Å². The lowest BCUT2D eigenvalue weighted by Crippen LogP contribution is -2.66. The topological polar surface area (TPSA) is 101 Å². The number of carboxylic acids is 2. The van der Waals surface area contributed by atoms with E-state index in [-0.39, 0.29) is 29.1 Å². The van der Waals surface area contributed by atoms with Gasteiger partial charge in [-0.05, 0) is 68.1 Å². The SMILES string of the molecule is COC(=O)C1C2CC3C4(C)CCCC(C)(C(=O)O)C4CCC3(C=C2C(C)C)C1C(=O)O. The number of carbonyl (C=O) groups is 3. The van der Waals surface area contributed by atoms with E-state index in [0.717, 1.165) is 19.3 Å². The third-order valence-electron chi connectivity index (χ3n) is 9.91. The van der Waals surface area contributed by atoms with Gasteiger partial charge in [-0.1, -0.05) is 38.8 Å². The molecule has 8 atom stereocenters. The molecule has 5 aliphatic carbocycles. The number of aliphatic carboxylic acids is 2. The second kappa shape index (κ2) is 7.08. The molecular weight excluding hydrogens is 396 g/mol. The summed E-state index contributed by atoms with van der Waals surface area (Å²) in [6, 6.07) is 0. The van der Waals surface area contributed by atoms with Gasteiger partial charge in [-0.15, -0.1) is 0 Å². The quantitative estimate of drug-likeness (QED) is 0.505. The van der Waals surface area contributed by atoms with Crippen molar-refractivity contribution in [3.05, 3.63) is 11.6 Å². The number of fused-ring (bicyclic) bond motifs is 2. The lowest BCUT2D eigenvalue weighted by Gasteiger charge is -2.68. The highest BCUT2D eigenvalue weighted by molar-refractivity contribution is 5.84. The average Bonchev–Trinajstić information content (AvgIpc) is 2.71. The van der Waals surface area contributed by atoms with E-state index in [2.05, 4.69) is 26.8 Å². The summed E-state index contributed by atoms with van der Waals surface area (Å²) in [5.74, 6) is -3.43. The molecule has 0 aromatic heterocycles. The van der Waals surface area contributed by atoms with Gasteiger partial charge in [0.1, 0.15) is 0 Å². The highest BCUT2D eigenvalue weighted by atomic mass is 16.5. The normalized spacial score (nSPS) is 46.0. The van der Waals surface area contributed by atoms with Crippen molar-refractivity contribution < 1.29 is 29.3 Å². The molecule has 0 aromatic carbocycles. The van der Waals surface area contributed by atoms with E-state index in [0.29, 0.717) is 19.3 Å². The highest BCUT2D eigenvalue weighted by Crippen LogP contribution is 2.73. The zero-order chi connectivity index (χ0) is 22.9. The number of hydrogen-bond acceptors (Lipinski definition) is 4. The maximum absolute atomic E-state index is 12.9. The lowest BCUT2D eigenvalue weighted by atomic mass is 9.34. The van der Waals surface area contributed by atoms with Gasteiger partial charge < -0.3 is 14.9 Å². The second-order valence-corrected chi connectivity index (χ2v) is 11.3. The average molecular weight is 433 g/mol. The molecule has 2 bridgehead atoms. The first-order valence-corrected chi connectivity index (χ1v) is 11.7. The molecule has 8 unspecified atom stereocenters. The number of esters is 1. The Kier molecular flexibility index (Phi) is 5.10.